The third-order valence-corrected chi connectivity index (χ3v) is 2.53. The summed E-state index contributed by atoms with van der Waals surface area (Å²) in [4.78, 5) is 11.7. The summed E-state index contributed by atoms with van der Waals surface area (Å²) in [5.41, 5.74) is 0.813. The third-order valence-electron chi connectivity index (χ3n) is 2.20. The van der Waals surface area contributed by atoms with Crippen molar-refractivity contribution in [2.45, 2.75) is 45.8 Å². The van der Waals surface area contributed by atoms with Crippen LogP contribution < -0.4 is 5.32 Å². The molecule has 0 aliphatic carbocycles. The molecular weight excluding hydrogens is 266 g/mol. The fourth-order valence-corrected chi connectivity index (χ4v) is 1.71. The number of nitrogens with one attached hydrogen (secondary N) is 1. The van der Waals surface area contributed by atoms with E-state index >= 15 is 0 Å². The Labute approximate surface area is 118 Å². The summed E-state index contributed by atoms with van der Waals surface area (Å²) in [5.74, 6) is 0. The van der Waals surface area contributed by atoms with Crippen molar-refractivity contribution in [3.8, 4) is 0 Å². The molecule has 1 rings (SSSR count). The summed E-state index contributed by atoms with van der Waals surface area (Å²) in [7, 11) is 0. The molecule has 0 radical (unpaired) electrons. The lowest BCUT2D eigenvalue weighted by Crippen LogP contribution is -2.27. The number of amides is 1. The number of carbonyl (C=O) groups is 1. The smallest absolute Gasteiger partial charge is 0.412 e. The van der Waals surface area contributed by atoms with Crippen molar-refractivity contribution in [2.75, 3.05) is 5.32 Å². The van der Waals surface area contributed by atoms with Crippen molar-refractivity contribution in [1.82, 2.24) is 0 Å². The molecule has 0 fully saturated rings. The maximum absolute atomic E-state index is 11.7. The van der Waals surface area contributed by atoms with Crippen LogP contribution in [0.15, 0.2) is 18.2 Å². The molecule has 0 aromatic heterocycles. The molecule has 0 aliphatic rings. The van der Waals surface area contributed by atoms with E-state index in [4.69, 9.17) is 16.3 Å². The van der Waals surface area contributed by atoms with Crippen molar-refractivity contribution in [2.24, 2.45) is 0 Å². The molecule has 2 N–H and O–H groups in total. The number of hydrogen-bond donors (Lipinski definition) is 2. The van der Waals surface area contributed by atoms with Gasteiger partial charge in [0.25, 0.3) is 0 Å². The van der Waals surface area contributed by atoms with E-state index in [9.17, 15) is 9.90 Å². The van der Waals surface area contributed by atoms with Crippen molar-refractivity contribution in [3.05, 3.63) is 28.8 Å². The minimum absolute atomic E-state index is 0.431. The SMILES string of the molecule is CC(O)Cc1ccc(Cl)c(NC(=O)OC(C)(C)C)c1. The molecule has 19 heavy (non-hydrogen) atoms. The lowest BCUT2D eigenvalue weighted by Gasteiger charge is -2.20. The molecule has 1 atom stereocenters. The van der Waals surface area contributed by atoms with Gasteiger partial charge in [0.05, 0.1) is 16.8 Å². The number of benzene rings is 1. The highest BCUT2D eigenvalue weighted by molar-refractivity contribution is 6.33. The Kier molecular flexibility index (Phi) is 5.20. The van der Waals surface area contributed by atoms with Crippen LogP contribution in [-0.2, 0) is 11.2 Å². The zero-order valence-electron chi connectivity index (χ0n) is 11.7. The quantitative estimate of drug-likeness (QED) is 0.892. The normalized spacial score (nSPS) is 12.9. The van der Waals surface area contributed by atoms with E-state index in [0.717, 1.165) is 5.56 Å². The van der Waals surface area contributed by atoms with Gasteiger partial charge in [-0.3, -0.25) is 5.32 Å². The van der Waals surface area contributed by atoms with Crippen molar-refractivity contribution in [1.29, 1.82) is 0 Å². The Bertz CT molecular complexity index is 452. The maximum atomic E-state index is 11.7. The first-order chi connectivity index (χ1) is 8.67. The van der Waals surface area contributed by atoms with Gasteiger partial charge in [-0.2, -0.15) is 0 Å². The van der Waals surface area contributed by atoms with Gasteiger partial charge in [-0.25, -0.2) is 4.79 Å². The number of hydrogen-bond acceptors (Lipinski definition) is 3. The van der Waals surface area contributed by atoms with Crippen LogP contribution in [0.2, 0.25) is 5.02 Å². The molecule has 0 bridgehead atoms. The average Bonchev–Trinajstić information content (AvgIpc) is 2.19. The predicted octanol–water partition coefficient (Wildman–Crippen LogP) is 3.61. The number of ether oxygens (including phenoxy) is 1. The summed E-state index contributed by atoms with van der Waals surface area (Å²) in [5, 5.41) is 12.4. The Morgan fingerprint density at radius 2 is 2.11 bits per heavy atom. The highest BCUT2D eigenvalue weighted by atomic mass is 35.5. The van der Waals surface area contributed by atoms with E-state index in [-0.39, 0.29) is 0 Å². The van der Waals surface area contributed by atoms with Crippen LogP contribution in [0.25, 0.3) is 0 Å². The first-order valence-corrected chi connectivity index (χ1v) is 6.51. The molecule has 0 spiro atoms. The molecule has 1 amide bonds. The number of anilines is 1. The summed E-state index contributed by atoms with van der Waals surface area (Å²) >= 11 is 6.02. The Balaban J connectivity index is 2.79. The number of rotatable bonds is 3. The lowest BCUT2D eigenvalue weighted by molar-refractivity contribution is 0.0636. The summed E-state index contributed by atoms with van der Waals surface area (Å²) in [6.07, 6.45) is -0.501. The fraction of sp³-hybridized carbons (Fsp3) is 0.500. The second-order valence-electron chi connectivity index (χ2n) is 5.49. The molecule has 5 heteroatoms. The minimum Gasteiger partial charge on any atom is -0.444 e. The minimum atomic E-state index is -0.562. The molecule has 1 aromatic rings. The van der Waals surface area contributed by atoms with E-state index in [0.29, 0.717) is 17.1 Å². The Morgan fingerprint density at radius 3 is 2.63 bits per heavy atom. The van der Waals surface area contributed by atoms with Gasteiger partial charge in [-0.15, -0.1) is 0 Å². The molecule has 0 saturated carbocycles. The van der Waals surface area contributed by atoms with Crippen molar-refractivity contribution < 1.29 is 14.6 Å². The van der Waals surface area contributed by atoms with Crippen LogP contribution in [0, 0.1) is 0 Å². The molecule has 4 nitrogen and oxygen atoms in total. The van der Waals surface area contributed by atoms with E-state index in [1.807, 2.05) is 6.07 Å². The van der Waals surface area contributed by atoms with Gasteiger partial charge in [0.1, 0.15) is 5.60 Å². The summed E-state index contributed by atoms with van der Waals surface area (Å²) in [6, 6.07) is 5.24. The molecule has 1 unspecified atom stereocenters. The molecule has 106 valence electrons. The second-order valence-corrected chi connectivity index (χ2v) is 5.90. The molecule has 1 aromatic carbocycles. The van der Waals surface area contributed by atoms with E-state index in [1.54, 1.807) is 39.8 Å². The number of aliphatic hydroxyl groups excluding tert-OH is 1. The van der Waals surface area contributed by atoms with Gasteiger partial charge in [-0.05, 0) is 51.8 Å². The monoisotopic (exact) mass is 285 g/mol. The van der Waals surface area contributed by atoms with E-state index in [2.05, 4.69) is 5.32 Å². The third kappa shape index (κ3) is 5.94. The van der Waals surface area contributed by atoms with Crippen LogP contribution in [0.1, 0.15) is 33.3 Å². The van der Waals surface area contributed by atoms with Gasteiger partial charge in [-0.1, -0.05) is 17.7 Å². The standard InChI is InChI=1S/C14H20ClNO3/c1-9(17)7-10-5-6-11(15)12(8-10)16-13(18)19-14(2,3)4/h5-6,8-9,17H,7H2,1-4H3,(H,16,18). The predicted molar refractivity (Wildman–Crippen MR) is 76.7 cm³/mol. The van der Waals surface area contributed by atoms with Crippen LogP contribution in [-0.4, -0.2) is 22.9 Å². The van der Waals surface area contributed by atoms with Crippen LogP contribution in [0.3, 0.4) is 0 Å². The van der Waals surface area contributed by atoms with Crippen LogP contribution in [0.5, 0.6) is 0 Å². The first kappa shape index (κ1) is 15.8. The zero-order valence-corrected chi connectivity index (χ0v) is 12.4. The van der Waals surface area contributed by atoms with E-state index in [1.165, 1.54) is 0 Å². The van der Waals surface area contributed by atoms with Crippen molar-refractivity contribution in [3.63, 3.8) is 0 Å². The summed E-state index contributed by atoms with van der Waals surface area (Å²) in [6.45, 7) is 7.07. The number of halogens is 1. The first-order valence-electron chi connectivity index (χ1n) is 6.14. The number of carbonyl (C=O) groups excluding carboxylic acids is 1. The Morgan fingerprint density at radius 1 is 1.47 bits per heavy atom. The van der Waals surface area contributed by atoms with Gasteiger partial charge in [0.2, 0.25) is 0 Å². The molecule has 0 aliphatic heterocycles. The second kappa shape index (κ2) is 6.26. The zero-order chi connectivity index (χ0) is 14.6. The molecule has 0 heterocycles. The van der Waals surface area contributed by atoms with E-state index < -0.39 is 17.8 Å². The van der Waals surface area contributed by atoms with Gasteiger partial charge >= 0.3 is 6.09 Å². The maximum Gasteiger partial charge on any atom is 0.412 e. The highest BCUT2D eigenvalue weighted by Crippen LogP contribution is 2.24. The van der Waals surface area contributed by atoms with Crippen LogP contribution >= 0.6 is 11.6 Å². The largest absolute Gasteiger partial charge is 0.444 e. The average molecular weight is 286 g/mol. The molecule has 0 saturated heterocycles. The van der Waals surface area contributed by atoms with Crippen LogP contribution in [0.4, 0.5) is 10.5 Å². The fourth-order valence-electron chi connectivity index (χ4n) is 1.55. The van der Waals surface area contributed by atoms with Crippen molar-refractivity contribution >= 4 is 23.4 Å². The van der Waals surface area contributed by atoms with Gasteiger partial charge in [0, 0.05) is 0 Å². The highest BCUT2D eigenvalue weighted by Gasteiger charge is 2.17. The lowest BCUT2D eigenvalue weighted by atomic mass is 10.1. The topological polar surface area (TPSA) is 58.6 Å². The molecular formula is C14H20ClNO3. The van der Waals surface area contributed by atoms with Gasteiger partial charge in [0.15, 0.2) is 0 Å². The van der Waals surface area contributed by atoms with Gasteiger partial charge < -0.3 is 9.84 Å². The summed E-state index contributed by atoms with van der Waals surface area (Å²) < 4.78 is 5.16. The number of aliphatic hydroxyl groups is 1. The Hall–Kier alpha value is -1.26.